The van der Waals surface area contributed by atoms with Gasteiger partial charge in [-0.25, -0.2) is 0 Å². The van der Waals surface area contributed by atoms with Crippen LogP contribution in [0, 0.1) is 0 Å². The largest absolute Gasteiger partial charge is 0.369 e. The lowest BCUT2D eigenvalue weighted by atomic mass is 10.1. The van der Waals surface area contributed by atoms with Crippen molar-refractivity contribution in [2.75, 3.05) is 46.6 Å². The molecule has 0 N–H and O–H groups in total. The molecule has 0 atom stereocenters. The lowest BCUT2D eigenvalue weighted by Crippen LogP contribution is -2.47. The topological polar surface area (TPSA) is 15.7 Å². The van der Waals surface area contributed by atoms with Crippen LogP contribution in [0.4, 0.5) is 0 Å². The van der Waals surface area contributed by atoms with Crippen molar-refractivity contribution in [2.45, 2.75) is 6.42 Å². The Balaban J connectivity index is 1.68. The molecule has 0 bridgehead atoms. The van der Waals surface area contributed by atoms with E-state index >= 15 is 0 Å². The zero-order valence-corrected chi connectivity index (χ0v) is 10.6. The number of methoxy groups -OCH3 is 1. The molecule has 1 aliphatic heterocycles. The first-order valence-corrected chi connectivity index (χ1v) is 6.36. The average molecular weight is 234 g/mol. The zero-order valence-electron chi connectivity index (χ0n) is 10.6. The van der Waals surface area contributed by atoms with Crippen LogP contribution in [0.15, 0.2) is 30.3 Å². The number of ether oxygens (including phenoxy) is 1. The van der Waals surface area contributed by atoms with Gasteiger partial charge in [0.2, 0.25) is 0 Å². The Hall–Kier alpha value is -0.900. The van der Waals surface area contributed by atoms with E-state index in [0.29, 0.717) is 0 Å². The Morgan fingerprint density at radius 3 is 2.29 bits per heavy atom. The minimum Gasteiger partial charge on any atom is -0.369 e. The van der Waals surface area contributed by atoms with Gasteiger partial charge in [-0.2, -0.15) is 0 Å². The first-order valence-electron chi connectivity index (χ1n) is 6.36. The molecule has 3 nitrogen and oxygen atoms in total. The maximum Gasteiger partial charge on any atom is 0.0987 e. The maximum atomic E-state index is 5.15. The van der Waals surface area contributed by atoms with Crippen molar-refractivity contribution < 1.29 is 4.74 Å². The Labute approximate surface area is 104 Å². The molecule has 1 fully saturated rings. The third-order valence-corrected chi connectivity index (χ3v) is 3.34. The highest BCUT2D eigenvalue weighted by molar-refractivity contribution is 5.14. The summed E-state index contributed by atoms with van der Waals surface area (Å²) in [6.07, 6.45) is 1.16. The number of benzene rings is 1. The van der Waals surface area contributed by atoms with Crippen molar-refractivity contribution in [2.24, 2.45) is 0 Å². The van der Waals surface area contributed by atoms with E-state index in [2.05, 4.69) is 40.1 Å². The van der Waals surface area contributed by atoms with Crippen LogP contribution in [0.5, 0.6) is 0 Å². The average Bonchev–Trinajstić information content (AvgIpc) is 2.40. The van der Waals surface area contributed by atoms with Crippen LogP contribution in [-0.2, 0) is 11.2 Å². The lowest BCUT2D eigenvalue weighted by molar-refractivity contribution is 0.0273. The molecule has 94 valence electrons. The van der Waals surface area contributed by atoms with Crippen LogP contribution in [0.1, 0.15) is 5.56 Å². The van der Waals surface area contributed by atoms with Gasteiger partial charge in [-0.15, -0.1) is 0 Å². The molecule has 0 spiro atoms. The van der Waals surface area contributed by atoms with Gasteiger partial charge in [0.1, 0.15) is 0 Å². The molecule has 1 aromatic carbocycles. The highest BCUT2D eigenvalue weighted by Crippen LogP contribution is 2.05. The van der Waals surface area contributed by atoms with E-state index in [9.17, 15) is 0 Å². The summed E-state index contributed by atoms with van der Waals surface area (Å²) in [5.41, 5.74) is 1.44. The molecular formula is C14H22N2O. The van der Waals surface area contributed by atoms with Crippen LogP contribution >= 0.6 is 0 Å². The Morgan fingerprint density at radius 2 is 1.65 bits per heavy atom. The molecule has 1 saturated heterocycles. The SMILES string of the molecule is COCN1CCN(CCc2ccccc2)CC1. The summed E-state index contributed by atoms with van der Waals surface area (Å²) in [6.45, 7) is 6.52. The smallest absolute Gasteiger partial charge is 0.0987 e. The quantitative estimate of drug-likeness (QED) is 0.767. The van der Waals surface area contributed by atoms with Crippen molar-refractivity contribution in [3.63, 3.8) is 0 Å². The third-order valence-electron chi connectivity index (χ3n) is 3.34. The number of rotatable bonds is 5. The van der Waals surface area contributed by atoms with Crippen molar-refractivity contribution >= 4 is 0 Å². The molecule has 0 aromatic heterocycles. The molecule has 17 heavy (non-hydrogen) atoms. The minimum atomic E-state index is 0.770. The van der Waals surface area contributed by atoms with Crippen molar-refractivity contribution in [1.82, 2.24) is 9.80 Å². The number of nitrogens with zero attached hydrogens (tertiary/aromatic N) is 2. The van der Waals surface area contributed by atoms with Crippen molar-refractivity contribution in [1.29, 1.82) is 0 Å². The Bertz CT molecular complexity index is 307. The summed E-state index contributed by atoms with van der Waals surface area (Å²) in [6, 6.07) is 10.7. The summed E-state index contributed by atoms with van der Waals surface area (Å²) in [7, 11) is 1.77. The first-order chi connectivity index (χ1) is 8.38. The van der Waals surface area contributed by atoms with Crippen LogP contribution in [-0.4, -0.2) is 56.4 Å². The fourth-order valence-corrected chi connectivity index (χ4v) is 2.26. The zero-order chi connectivity index (χ0) is 11.9. The molecule has 0 saturated carbocycles. The highest BCUT2D eigenvalue weighted by Gasteiger charge is 2.15. The van der Waals surface area contributed by atoms with Gasteiger partial charge in [-0.05, 0) is 12.0 Å². The molecule has 0 amide bonds. The van der Waals surface area contributed by atoms with E-state index < -0.39 is 0 Å². The van der Waals surface area contributed by atoms with E-state index in [1.54, 1.807) is 7.11 Å². The second kappa shape index (κ2) is 6.74. The second-order valence-corrected chi connectivity index (χ2v) is 4.61. The summed E-state index contributed by atoms with van der Waals surface area (Å²) in [5.74, 6) is 0. The third kappa shape index (κ3) is 4.11. The maximum absolute atomic E-state index is 5.15. The monoisotopic (exact) mass is 234 g/mol. The van der Waals surface area contributed by atoms with Crippen LogP contribution < -0.4 is 0 Å². The highest BCUT2D eigenvalue weighted by atomic mass is 16.5. The van der Waals surface area contributed by atoms with Crippen molar-refractivity contribution in [3.8, 4) is 0 Å². The summed E-state index contributed by atoms with van der Waals surface area (Å²) in [4.78, 5) is 4.90. The van der Waals surface area contributed by atoms with E-state index in [0.717, 1.165) is 39.3 Å². The predicted octanol–water partition coefficient (Wildman–Crippen LogP) is 1.45. The molecule has 0 aliphatic carbocycles. The van der Waals surface area contributed by atoms with E-state index in [1.807, 2.05) is 0 Å². The van der Waals surface area contributed by atoms with Crippen LogP contribution in [0.25, 0.3) is 0 Å². The molecule has 1 heterocycles. The fraction of sp³-hybridized carbons (Fsp3) is 0.571. The van der Waals surface area contributed by atoms with Crippen molar-refractivity contribution in [3.05, 3.63) is 35.9 Å². The summed E-state index contributed by atoms with van der Waals surface area (Å²) in [5, 5.41) is 0. The summed E-state index contributed by atoms with van der Waals surface area (Å²) >= 11 is 0. The van der Waals surface area contributed by atoms with Gasteiger partial charge in [-0.3, -0.25) is 4.90 Å². The molecule has 1 aromatic rings. The Morgan fingerprint density at radius 1 is 1.00 bits per heavy atom. The molecular weight excluding hydrogens is 212 g/mol. The van der Waals surface area contributed by atoms with Gasteiger partial charge >= 0.3 is 0 Å². The van der Waals surface area contributed by atoms with E-state index in [4.69, 9.17) is 4.74 Å². The van der Waals surface area contributed by atoms with E-state index in [-0.39, 0.29) is 0 Å². The van der Waals surface area contributed by atoms with Gasteiger partial charge in [0, 0.05) is 39.8 Å². The number of hydrogen-bond donors (Lipinski definition) is 0. The van der Waals surface area contributed by atoms with Gasteiger partial charge in [-0.1, -0.05) is 30.3 Å². The van der Waals surface area contributed by atoms with E-state index in [1.165, 1.54) is 12.1 Å². The van der Waals surface area contributed by atoms with Gasteiger partial charge in [0.15, 0.2) is 0 Å². The number of piperazine rings is 1. The fourth-order valence-electron chi connectivity index (χ4n) is 2.26. The molecule has 0 radical (unpaired) electrons. The van der Waals surface area contributed by atoms with Crippen LogP contribution in [0.3, 0.4) is 0 Å². The molecule has 3 heteroatoms. The second-order valence-electron chi connectivity index (χ2n) is 4.61. The van der Waals surface area contributed by atoms with Gasteiger partial charge < -0.3 is 9.64 Å². The molecule has 1 aliphatic rings. The molecule has 0 unspecified atom stereocenters. The summed E-state index contributed by atoms with van der Waals surface area (Å²) < 4.78 is 5.15. The van der Waals surface area contributed by atoms with Crippen LogP contribution in [0.2, 0.25) is 0 Å². The standard InChI is InChI=1S/C14H22N2O/c1-17-13-16-11-9-15(10-12-16)8-7-14-5-3-2-4-6-14/h2-6H,7-13H2,1H3. The lowest BCUT2D eigenvalue weighted by Gasteiger charge is -2.34. The van der Waals surface area contributed by atoms with Gasteiger partial charge in [0.25, 0.3) is 0 Å². The number of hydrogen-bond acceptors (Lipinski definition) is 3. The minimum absolute atomic E-state index is 0.770. The predicted molar refractivity (Wildman–Crippen MR) is 70.0 cm³/mol. The van der Waals surface area contributed by atoms with Gasteiger partial charge in [0.05, 0.1) is 6.73 Å². The first kappa shape index (κ1) is 12.6. The molecule has 2 rings (SSSR count). The Kier molecular flexibility index (Phi) is 4.98. The normalized spacial score (nSPS) is 18.4.